The van der Waals surface area contributed by atoms with Crippen molar-refractivity contribution < 1.29 is 27.9 Å². The van der Waals surface area contributed by atoms with Crippen molar-refractivity contribution >= 4 is 45.3 Å². The average Bonchev–Trinajstić information content (AvgIpc) is 2.46. The molecule has 1 aromatic carbocycles. The number of carboxylic acid groups (broad SMARTS) is 1. The van der Waals surface area contributed by atoms with E-state index in [0.717, 1.165) is 12.1 Å². The Bertz CT molecular complexity index is 790. The molecule has 0 spiro atoms. The van der Waals surface area contributed by atoms with Crippen LogP contribution >= 0.6 is 23.2 Å². The van der Waals surface area contributed by atoms with Crippen molar-refractivity contribution in [2.24, 2.45) is 0 Å². The van der Waals surface area contributed by atoms with Gasteiger partial charge in [0.05, 0.1) is 10.6 Å². The highest BCUT2D eigenvalue weighted by Gasteiger charge is 2.23. The Morgan fingerprint density at radius 3 is 2.35 bits per heavy atom. The van der Waals surface area contributed by atoms with Crippen LogP contribution in [0.4, 0.5) is 4.79 Å². The molecule has 1 amide bonds. The number of carbonyl (C=O) groups is 2. The second kappa shape index (κ2) is 8.90. The summed E-state index contributed by atoms with van der Waals surface area (Å²) < 4.78 is 31.9. The summed E-state index contributed by atoms with van der Waals surface area (Å²) in [6, 6.07) is 2.13. The minimum atomic E-state index is -4.07. The maximum absolute atomic E-state index is 12.3. The molecule has 0 unspecified atom stereocenters. The molecule has 8 nitrogen and oxygen atoms in total. The van der Waals surface area contributed by atoms with E-state index >= 15 is 0 Å². The summed E-state index contributed by atoms with van der Waals surface area (Å²) in [7, 11) is -4.07. The zero-order chi connectivity index (χ0) is 20.1. The van der Waals surface area contributed by atoms with Gasteiger partial charge in [0.1, 0.15) is 10.5 Å². The third kappa shape index (κ3) is 6.99. The van der Waals surface area contributed by atoms with Gasteiger partial charge in [0, 0.05) is 18.1 Å². The zero-order valence-electron chi connectivity index (χ0n) is 14.4. The highest BCUT2D eigenvalue weighted by molar-refractivity contribution is 7.89. The second-order valence-corrected chi connectivity index (χ2v) is 8.80. The van der Waals surface area contributed by atoms with E-state index in [1.54, 1.807) is 20.8 Å². The smallest absolute Gasteiger partial charge is 0.407 e. The van der Waals surface area contributed by atoms with Gasteiger partial charge in [0.2, 0.25) is 10.0 Å². The molecule has 0 aliphatic carbocycles. The number of ether oxygens (including phenoxy) is 1. The standard InChI is InChI=1S/C15H20Cl2N2O6S/c1-15(2,3)25-14(22)18-5-4-6-19-26(23,24)11-8-9(16)7-10(12(11)17)13(20)21/h7-8,19H,4-6H2,1-3H3,(H,18,22)(H,20,21). The van der Waals surface area contributed by atoms with E-state index in [4.69, 9.17) is 33.0 Å². The molecule has 11 heteroatoms. The number of hydrogen-bond donors (Lipinski definition) is 3. The molecule has 0 fully saturated rings. The monoisotopic (exact) mass is 426 g/mol. The number of carboxylic acids is 1. The van der Waals surface area contributed by atoms with E-state index in [-0.39, 0.29) is 24.5 Å². The number of alkyl carbamates (subject to hydrolysis) is 1. The number of benzene rings is 1. The third-order valence-electron chi connectivity index (χ3n) is 2.84. The van der Waals surface area contributed by atoms with Crippen LogP contribution in [0.25, 0.3) is 0 Å². The number of amides is 1. The molecule has 0 radical (unpaired) electrons. The van der Waals surface area contributed by atoms with E-state index in [2.05, 4.69) is 10.0 Å². The first-order chi connectivity index (χ1) is 11.8. The van der Waals surface area contributed by atoms with Gasteiger partial charge in [-0.3, -0.25) is 0 Å². The molecule has 3 N–H and O–H groups in total. The molecule has 0 saturated heterocycles. The summed E-state index contributed by atoms with van der Waals surface area (Å²) in [5, 5.41) is 11.0. The van der Waals surface area contributed by atoms with Gasteiger partial charge in [-0.15, -0.1) is 0 Å². The van der Waals surface area contributed by atoms with Crippen molar-refractivity contribution in [3.05, 3.63) is 27.7 Å². The number of halogens is 2. The van der Waals surface area contributed by atoms with Gasteiger partial charge in [-0.25, -0.2) is 22.7 Å². The molecule has 0 heterocycles. The Balaban J connectivity index is 2.66. The molecule has 26 heavy (non-hydrogen) atoms. The summed E-state index contributed by atoms with van der Waals surface area (Å²) in [6.07, 6.45) is -0.327. The number of nitrogens with one attached hydrogen (secondary N) is 2. The van der Waals surface area contributed by atoms with Crippen molar-refractivity contribution in [2.75, 3.05) is 13.1 Å². The number of hydrogen-bond acceptors (Lipinski definition) is 5. The number of aromatic carboxylic acids is 1. The molecule has 0 atom stereocenters. The summed E-state index contributed by atoms with van der Waals surface area (Å²) in [6.45, 7) is 5.34. The fourth-order valence-electron chi connectivity index (χ4n) is 1.79. The van der Waals surface area contributed by atoms with E-state index in [1.807, 2.05) is 0 Å². The van der Waals surface area contributed by atoms with Crippen LogP contribution in [0.2, 0.25) is 10.0 Å². The molecule has 0 bridgehead atoms. The molecule has 1 aromatic rings. The van der Waals surface area contributed by atoms with Crippen LogP contribution in [0.15, 0.2) is 17.0 Å². The Kier molecular flexibility index (Phi) is 7.70. The SMILES string of the molecule is CC(C)(C)OC(=O)NCCCNS(=O)(=O)c1cc(Cl)cc(C(=O)O)c1Cl. The fraction of sp³-hybridized carbons (Fsp3) is 0.467. The van der Waals surface area contributed by atoms with Gasteiger partial charge in [-0.2, -0.15) is 0 Å². The van der Waals surface area contributed by atoms with E-state index in [1.165, 1.54) is 0 Å². The predicted octanol–water partition coefficient (Wildman–Crippen LogP) is 2.88. The fourth-order valence-corrected chi connectivity index (χ4v) is 3.77. The minimum Gasteiger partial charge on any atom is -0.478 e. The van der Waals surface area contributed by atoms with Gasteiger partial charge < -0.3 is 15.2 Å². The van der Waals surface area contributed by atoms with Crippen molar-refractivity contribution in [1.82, 2.24) is 10.0 Å². The van der Waals surface area contributed by atoms with Crippen LogP contribution < -0.4 is 10.0 Å². The largest absolute Gasteiger partial charge is 0.478 e. The first-order valence-electron chi connectivity index (χ1n) is 7.52. The van der Waals surface area contributed by atoms with E-state index < -0.39 is 43.2 Å². The second-order valence-electron chi connectivity index (χ2n) is 6.25. The topological polar surface area (TPSA) is 122 Å². The Morgan fingerprint density at radius 1 is 1.19 bits per heavy atom. The average molecular weight is 427 g/mol. The van der Waals surface area contributed by atoms with Crippen LogP contribution in [0.5, 0.6) is 0 Å². The number of sulfonamides is 1. The summed E-state index contributed by atoms with van der Waals surface area (Å²) in [4.78, 5) is 22.1. The Labute approximate surface area is 161 Å². The molecular formula is C15H20Cl2N2O6S. The molecular weight excluding hydrogens is 407 g/mol. The van der Waals surface area contributed by atoms with Crippen molar-refractivity contribution in [2.45, 2.75) is 37.7 Å². The van der Waals surface area contributed by atoms with Crippen LogP contribution in [-0.4, -0.2) is 44.3 Å². The van der Waals surface area contributed by atoms with Crippen molar-refractivity contribution in [1.29, 1.82) is 0 Å². The molecule has 0 aliphatic heterocycles. The molecule has 1 rings (SSSR count). The first kappa shape index (κ1) is 22.5. The Morgan fingerprint density at radius 2 is 1.81 bits per heavy atom. The van der Waals surface area contributed by atoms with Gasteiger partial charge in [0.15, 0.2) is 0 Å². The Hall–Kier alpha value is -1.55. The molecule has 0 saturated carbocycles. The highest BCUT2D eigenvalue weighted by atomic mass is 35.5. The number of rotatable bonds is 7. The van der Waals surface area contributed by atoms with Gasteiger partial charge in [-0.1, -0.05) is 23.2 Å². The summed E-state index contributed by atoms with van der Waals surface area (Å²) >= 11 is 11.6. The highest BCUT2D eigenvalue weighted by Crippen LogP contribution is 2.29. The minimum absolute atomic E-state index is 0.0105. The molecule has 0 aliphatic rings. The lowest BCUT2D eigenvalue weighted by atomic mass is 10.2. The first-order valence-corrected chi connectivity index (χ1v) is 9.76. The molecule has 0 aromatic heterocycles. The maximum atomic E-state index is 12.3. The van der Waals surface area contributed by atoms with Crippen LogP contribution in [0, 0.1) is 0 Å². The van der Waals surface area contributed by atoms with Crippen LogP contribution in [-0.2, 0) is 14.8 Å². The lowest BCUT2D eigenvalue weighted by Crippen LogP contribution is -2.34. The van der Waals surface area contributed by atoms with Crippen molar-refractivity contribution in [3.8, 4) is 0 Å². The third-order valence-corrected chi connectivity index (χ3v) is 5.06. The van der Waals surface area contributed by atoms with Gasteiger partial charge >= 0.3 is 12.1 Å². The summed E-state index contributed by atoms with van der Waals surface area (Å²) in [5.41, 5.74) is -1.04. The zero-order valence-corrected chi connectivity index (χ0v) is 16.8. The number of carbonyl (C=O) groups excluding carboxylic acids is 1. The van der Waals surface area contributed by atoms with E-state index in [9.17, 15) is 18.0 Å². The lowest BCUT2D eigenvalue weighted by Gasteiger charge is -2.19. The molecule has 146 valence electrons. The van der Waals surface area contributed by atoms with Crippen LogP contribution in [0.1, 0.15) is 37.6 Å². The maximum Gasteiger partial charge on any atom is 0.407 e. The van der Waals surface area contributed by atoms with Crippen molar-refractivity contribution in [3.63, 3.8) is 0 Å². The predicted molar refractivity (Wildman–Crippen MR) is 97.5 cm³/mol. The normalized spacial score (nSPS) is 11.9. The van der Waals surface area contributed by atoms with Gasteiger partial charge in [0.25, 0.3) is 0 Å². The summed E-state index contributed by atoms with van der Waals surface area (Å²) in [5.74, 6) is -1.39. The van der Waals surface area contributed by atoms with Gasteiger partial charge in [-0.05, 0) is 39.3 Å². The quantitative estimate of drug-likeness (QED) is 0.576. The van der Waals surface area contributed by atoms with Crippen LogP contribution in [0.3, 0.4) is 0 Å². The lowest BCUT2D eigenvalue weighted by molar-refractivity contribution is 0.0527. The van der Waals surface area contributed by atoms with E-state index in [0.29, 0.717) is 0 Å².